The predicted molar refractivity (Wildman–Crippen MR) is 68.8 cm³/mol. The van der Waals surface area contributed by atoms with Crippen LogP contribution in [0.2, 0.25) is 0 Å². The first-order chi connectivity index (χ1) is 8.30. The molecule has 0 unspecified atom stereocenters. The van der Waals surface area contributed by atoms with Gasteiger partial charge in [-0.15, -0.1) is 6.42 Å². The highest BCUT2D eigenvalue weighted by molar-refractivity contribution is 5.27. The normalized spacial score (nSPS) is 11.8. The van der Waals surface area contributed by atoms with E-state index < -0.39 is 0 Å². The minimum absolute atomic E-state index is 0.160. The third-order valence-corrected chi connectivity index (χ3v) is 2.55. The van der Waals surface area contributed by atoms with E-state index in [-0.39, 0.29) is 12.6 Å². The van der Waals surface area contributed by atoms with Gasteiger partial charge in [-0.25, -0.2) is 0 Å². The fraction of sp³-hybridized carbons (Fsp3) is 0.429. The van der Waals surface area contributed by atoms with Crippen molar-refractivity contribution in [2.45, 2.75) is 25.9 Å². The van der Waals surface area contributed by atoms with Crippen LogP contribution in [0.3, 0.4) is 0 Å². The van der Waals surface area contributed by atoms with E-state index in [2.05, 4.69) is 11.2 Å². The first kappa shape index (κ1) is 13.6. The summed E-state index contributed by atoms with van der Waals surface area (Å²) in [6.07, 6.45) is 6.03. The van der Waals surface area contributed by atoms with Gasteiger partial charge in [0.25, 0.3) is 0 Å². The van der Waals surface area contributed by atoms with Gasteiger partial charge in [-0.3, -0.25) is 0 Å². The second-order valence-electron chi connectivity index (χ2n) is 3.81. The Morgan fingerprint density at radius 1 is 1.41 bits per heavy atom. The number of aliphatic hydroxyl groups is 1. The molecule has 0 bridgehead atoms. The number of ether oxygens (including phenoxy) is 1. The number of hydrogen-bond acceptors (Lipinski definition) is 3. The van der Waals surface area contributed by atoms with Gasteiger partial charge in [0.1, 0.15) is 12.4 Å². The van der Waals surface area contributed by atoms with Crippen molar-refractivity contribution < 1.29 is 9.84 Å². The van der Waals surface area contributed by atoms with Gasteiger partial charge >= 0.3 is 0 Å². The Bertz CT molecular complexity index is 349. The quantitative estimate of drug-likeness (QED) is 0.702. The lowest BCUT2D eigenvalue weighted by Crippen LogP contribution is -2.31. The topological polar surface area (TPSA) is 41.5 Å². The molecule has 0 heterocycles. The average molecular weight is 233 g/mol. The van der Waals surface area contributed by atoms with Crippen molar-refractivity contribution in [1.29, 1.82) is 0 Å². The summed E-state index contributed by atoms with van der Waals surface area (Å²) in [5.74, 6) is 3.20. The molecule has 17 heavy (non-hydrogen) atoms. The van der Waals surface area contributed by atoms with E-state index in [1.54, 1.807) is 0 Å². The lowest BCUT2D eigenvalue weighted by atomic mass is 10.2. The fourth-order valence-corrected chi connectivity index (χ4v) is 1.43. The van der Waals surface area contributed by atoms with Gasteiger partial charge in [-0.1, -0.05) is 25.0 Å². The molecule has 0 aromatic heterocycles. The fourth-order valence-electron chi connectivity index (χ4n) is 1.43. The molecule has 0 radical (unpaired) electrons. The molecule has 0 fully saturated rings. The van der Waals surface area contributed by atoms with E-state index >= 15 is 0 Å². The Hall–Kier alpha value is -1.50. The van der Waals surface area contributed by atoms with Crippen LogP contribution in [0.25, 0.3) is 0 Å². The number of aliphatic hydroxyl groups excluding tert-OH is 1. The summed E-state index contributed by atoms with van der Waals surface area (Å²) in [6, 6.07) is 7.93. The lowest BCUT2D eigenvalue weighted by molar-refractivity contribution is 0.238. The molecule has 1 atom stereocenters. The van der Waals surface area contributed by atoms with Gasteiger partial charge in [0.2, 0.25) is 0 Å². The minimum atomic E-state index is 0.160. The molecule has 3 nitrogen and oxygen atoms in total. The Morgan fingerprint density at radius 2 is 2.12 bits per heavy atom. The van der Waals surface area contributed by atoms with Crippen LogP contribution < -0.4 is 10.1 Å². The van der Waals surface area contributed by atoms with Crippen molar-refractivity contribution in [2.75, 3.05) is 13.2 Å². The molecule has 1 aromatic rings. The molecule has 1 aromatic carbocycles. The van der Waals surface area contributed by atoms with Gasteiger partial charge in [0.15, 0.2) is 0 Å². The van der Waals surface area contributed by atoms with E-state index in [0.29, 0.717) is 6.61 Å². The van der Waals surface area contributed by atoms with Crippen molar-refractivity contribution in [1.82, 2.24) is 5.32 Å². The van der Waals surface area contributed by atoms with Crippen molar-refractivity contribution >= 4 is 0 Å². The molecule has 3 heteroatoms. The van der Waals surface area contributed by atoms with Crippen molar-refractivity contribution in [3.05, 3.63) is 29.8 Å². The van der Waals surface area contributed by atoms with Gasteiger partial charge in [-0.05, 0) is 24.1 Å². The van der Waals surface area contributed by atoms with Crippen LogP contribution in [0.4, 0.5) is 0 Å². The van der Waals surface area contributed by atoms with E-state index in [4.69, 9.17) is 16.3 Å². The smallest absolute Gasteiger partial charge is 0.148 e. The molecule has 0 spiro atoms. The highest BCUT2D eigenvalue weighted by Gasteiger charge is 2.03. The van der Waals surface area contributed by atoms with E-state index in [9.17, 15) is 0 Å². The van der Waals surface area contributed by atoms with Crippen LogP contribution in [0.15, 0.2) is 24.3 Å². The molecular weight excluding hydrogens is 214 g/mol. The zero-order chi connectivity index (χ0) is 12.5. The summed E-state index contributed by atoms with van der Waals surface area (Å²) < 4.78 is 5.28. The second kappa shape index (κ2) is 7.72. The van der Waals surface area contributed by atoms with Crippen LogP contribution in [0.1, 0.15) is 18.9 Å². The molecular formula is C14H19NO2. The van der Waals surface area contributed by atoms with Crippen molar-refractivity contribution in [3.63, 3.8) is 0 Å². The third-order valence-electron chi connectivity index (χ3n) is 2.55. The van der Waals surface area contributed by atoms with E-state index in [1.165, 1.54) is 0 Å². The molecule has 92 valence electrons. The maximum Gasteiger partial charge on any atom is 0.148 e. The number of nitrogens with one attached hydrogen (secondary N) is 1. The summed E-state index contributed by atoms with van der Waals surface area (Å²) in [7, 11) is 0. The summed E-state index contributed by atoms with van der Waals surface area (Å²) in [6.45, 7) is 3.25. The highest BCUT2D eigenvalue weighted by Crippen LogP contribution is 2.12. The summed E-state index contributed by atoms with van der Waals surface area (Å²) in [5.41, 5.74) is 1.16. The number of terminal acetylenes is 1. The summed E-state index contributed by atoms with van der Waals surface area (Å²) in [4.78, 5) is 0. The van der Waals surface area contributed by atoms with Gasteiger partial charge in [0, 0.05) is 12.6 Å². The standard InChI is InChI=1S/C14H19NO2/c1-3-9-17-14-7-5-12(6-8-14)10-15-13(4-2)11-16/h1,5-8,13,15-16H,4,9-11H2,2H3/t13-/m0/s1. The number of hydrogen-bond donors (Lipinski definition) is 2. The maximum absolute atomic E-state index is 9.04. The Balaban J connectivity index is 2.42. The number of rotatable bonds is 7. The van der Waals surface area contributed by atoms with Crippen molar-refractivity contribution in [3.8, 4) is 18.1 Å². The minimum Gasteiger partial charge on any atom is -0.481 e. The monoisotopic (exact) mass is 233 g/mol. The lowest BCUT2D eigenvalue weighted by Gasteiger charge is -2.14. The Labute approximate surface area is 103 Å². The van der Waals surface area contributed by atoms with Gasteiger partial charge in [0.05, 0.1) is 6.61 Å². The van der Waals surface area contributed by atoms with Crippen LogP contribution in [-0.2, 0) is 6.54 Å². The predicted octanol–water partition coefficient (Wildman–Crippen LogP) is 1.56. The van der Waals surface area contributed by atoms with Crippen LogP contribution in [-0.4, -0.2) is 24.4 Å². The Kier molecular flexibility index (Phi) is 6.16. The maximum atomic E-state index is 9.04. The molecule has 0 amide bonds. The second-order valence-corrected chi connectivity index (χ2v) is 3.81. The highest BCUT2D eigenvalue weighted by atomic mass is 16.5. The SMILES string of the molecule is C#CCOc1ccc(CN[C@@H](CC)CO)cc1. The van der Waals surface area contributed by atoms with Crippen molar-refractivity contribution in [2.24, 2.45) is 0 Å². The molecule has 2 N–H and O–H groups in total. The van der Waals surface area contributed by atoms with Gasteiger partial charge < -0.3 is 15.2 Å². The molecule has 0 aliphatic carbocycles. The molecule has 0 saturated heterocycles. The third kappa shape index (κ3) is 4.90. The van der Waals surface area contributed by atoms with Crippen LogP contribution in [0.5, 0.6) is 5.75 Å². The summed E-state index contributed by atoms with van der Waals surface area (Å²) >= 11 is 0. The summed E-state index contributed by atoms with van der Waals surface area (Å²) in [5, 5.41) is 12.3. The Morgan fingerprint density at radius 3 is 2.65 bits per heavy atom. The van der Waals surface area contributed by atoms with Crippen LogP contribution in [0, 0.1) is 12.3 Å². The van der Waals surface area contributed by atoms with E-state index in [0.717, 1.165) is 24.3 Å². The molecule has 1 rings (SSSR count). The number of benzene rings is 1. The first-order valence-electron chi connectivity index (χ1n) is 5.79. The zero-order valence-corrected chi connectivity index (χ0v) is 10.1. The molecule has 0 aliphatic rings. The van der Waals surface area contributed by atoms with Gasteiger partial charge in [-0.2, -0.15) is 0 Å². The molecule has 0 aliphatic heterocycles. The van der Waals surface area contributed by atoms with Crippen LogP contribution >= 0.6 is 0 Å². The average Bonchev–Trinajstić information content (AvgIpc) is 2.39. The van der Waals surface area contributed by atoms with E-state index in [1.807, 2.05) is 31.2 Å². The largest absolute Gasteiger partial charge is 0.481 e. The zero-order valence-electron chi connectivity index (χ0n) is 10.1. The molecule has 0 saturated carbocycles. The first-order valence-corrected chi connectivity index (χ1v) is 5.79.